The fourth-order valence-corrected chi connectivity index (χ4v) is 2.84. The van der Waals surface area contributed by atoms with E-state index in [0.717, 1.165) is 43.9 Å². The Balaban J connectivity index is 1.81. The fourth-order valence-electron chi connectivity index (χ4n) is 2.84. The first kappa shape index (κ1) is 12.6. The predicted octanol–water partition coefficient (Wildman–Crippen LogP) is 1.81. The lowest BCUT2D eigenvalue weighted by atomic mass is 9.90. The molecule has 5 nitrogen and oxygen atoms in total. The summed E-state index contributed by atoms with van der Waals surface area (Å²) in [6.07, 6.45) is 11.0. The summed E-state index contributed by atoms with van der Waals surface area (Å²) in [7, 11) is 2.02. The topological polar surface area (TPSA) is 51.5 Å². The Morgan fingerprint density at radius 1 is 1.42 bits per heavy atom. The second-order valence-electron chi connectivity index (χ2n) is 5.14. The summed E-state index contributed by atoms with van der Waals surface area (Å²) in [4.78, 5) is 4.20. The summed E-state index contributed by atoms with van der Waals surface area (Å²) in [6.45, 7) is 1.80. The van der Waals surface area contributed by atoms with Gasteiger partial charge in [-0.2, -0.15) is 5.10 Å². The average Bonchev–Trinajstić information content (AvgIpc) is 2.90. The van der Waals surface area contributed by atoms with Gasteiger partial charge in [-0.3, -0.25) is 4.98 Å². The van der Waals surface area contributed by atoms with Crippen molar-refractivity contribution in [1.82, 2.24) is 19.9 Å². The molecule has 0 bridgehead atoms. The van der Waals surface area contributed by atoms with Gasteiger partial charge in [0, 0.05) is 37.2 Å². The van der Waals surface area contributed by atoms with Crippen molar-refractivity contribution < 1.29 is 4.74 Å². The molecule has 2 aromatic heterocycles. The first-order chi connectivity index (χ1) is 9.38. The van der Waals surface area contributed by atoms with Crippen molar-refractivity contribution in [3.05, 3.63) is 30.4 Å². The minimum absolute atomic E-state index is 0.338. The molecule has 1 saturated heterocycles. The Bertz CT molecular complexity index is 533. The van der Waals surface area contributed by atoms with Crippen LogP contribution in [0.25, 0.3) is 5.52 Å². The van der Waals surface area contributed by atoms with Crippen molar-refractivity contribution in [2.75, 3.05) is 20.3 Å². The highest BCUT2D eigenvalue weighted by Gasteiger charge is 2.21. The van der Waals surface area contributed by atoms with Crippen molar-refractivity contribution in [2.45, 2.75) is 25.3 Å². The van der Waals surface area contributed by atoms with Gasteiger partial charge in [0.05, 0.1) is 17.9 Å². The van der Waals surface area contributed by atoms with E-state index in [9.17, 15) is 0 Å². The normalized spacial score (nSPS) is 18.8. The fraction of sp³-hybridized carbons (Fsp3) is 0.571. The molecular weight excluding hydrogens is 240 g/mol. The van der Waals surface area contributed by atoms with Crippen LogP contribution in [-0.2, 0) is 4.74 Å². The summed E-state index contributed by atoms with van der Waals surface area (Å²) in [5, 5.41) is 7.81. The van der Waals surface area contributed by atoms with Gasteiger partial charge < -0.3 is 10.1 Å². The summed E-state index contributed by atoms with van der Waals surface area (Å²) in [5.74, 6) is 0.734. The van der Waals surface area contributed by atoms with Gasteiger partial charge in [-0.25, -0.2) is 4.52 Å². The molecule has 0 aromatic carbocycles. The SMILES string of the molecule is CNC(CC1CCOCC1)c1cnn2ccncc12. The highest BCUT2D eigenvalue weighted by molar-refractivity contribution is 5.53. The van der Waals surface area contributed by atoms with Crippen LogP contribution in [0.5, 0.6) is 0 Å². The molecule has 3 heterocycles. The lowest BCUT2D eigenvalue weighted by Crippen LogP contribution is -2.23. The van der Waals surface area contributed by atoms with Crippen molar-refractivity contribution >= 4 is 5.52 Å². The molecule has 0 saturated carbocycles. The molecule has 5 heteroatoms. The minimum Gasteiger partial charge on any atom is -0.381 e. The third-order valence-corrected chi connectivity index (χ3v) is 3.99. The van der Waals surface area contributed by atoms with E-state index < -0.39 is 0 Å². The average molecular weight is 260 g/mol. The molecule has 3 rings (SSSR count). The van der Waals surface area contributed by atoms with Crippen molar-refractivity contribution in [3.8, 4) is 0 Å². The second-order valence-corrected chi connectivity index (χ2v) is 5.14. The van der Waals surface area contributed by atoms with Crippen LogP contribution in [-0.4, -0.2) is 34.9 Å². The van der Waals surface area contributed by atoms with Crippen LogP contribution in [0.3, 0.4) is 0 Å². The molecule has 0 aliphatic carbocycles. The first-order valence-corrected chi connectivity index (χ1v) is 6.90. The van der Waals surface area contributed by atoms with E-state index in [1.54, 1.807) is 6.20 Å². The van der Waals surface area contributed by atoms with Gasteiger partial charge in [-0.05, 0) is 32.2 Å². The molecule has 1 unspecified atom stereocenters. The maximum absolute atomic E-state index is 5.43. The van der Waals surface area contributed by atoms with Crippen molar-refractivity contribution in [2.24, 2.45) is 5.92 Å². The zero-order valence-corrected chi connectivity index (χ0v) is 11.2. The Labute approximate surface area is 113 Å². The van der Waals surface area contributed by atoms with Crippen LogP contribution in [0, 0.1) is 5.92 Å². The number of rotatable bonds is 4. The number of hydrogen-bond donors (Lipinski definition) is 1. The highest BCUT2D eigenvalue weighted by atomic mass is 16.5. The summed E-state index contributed by atoms with van der Waals surface area (Å²) >= 11 is 0. The van der Waals surface area contributed by atoms with E-state index in [1.165, 1.54) is 5.56 Å². The molecule has 102 valence electrons. The van der Waals surface area contributed by atoms with Gasteiger partial charge >= 0.3 is 0 Å². The molecule has 0 amide bonds. The van der Waals surface area contributed by atoms with Gasteiger partial charge in [0.2, 0.25) is 0 Å². The summed E-state index contributed by atoms with van der Waals surface area (Å²) < 4.78 is 7.31. The Hall–Kier alpha value is -1.46. The third kappa shape index (κ3) is 2.62. The molecule has 2 aromatic rings. The number of fused-ring (bicyclic) bond motifs is 1. The number of hydrogen-bond acceptors (Lipinski definition) is 4. The van der Waals surface area contributed by atoms with Gasteiger partial charge in [0.25, 0.3) is 0 Å². The Kier molecular flexibility index (Phi) is 3.75. The van der Waals surface area contributed by atoms with E-state index in [4.69, 9.17) is 4.74 Å². The van der Waals surface area contributed by atoms with Crippen LogP contribution in [0.2, 0.25) is 0 Å². The maximum atomic E-state index is 5.43. The van der Waals surface area contributed by atoms with E-state index in [0.29, 0.717) is 6.04 Å². The van der Waals surface area contributed by atoms with Crippen LogP contribution >= 0.6 is 0 Å². The monoisotopic (exact) mass is 260 g/mol. The Morgan fingerprint density at radius 2 is 2.26 bits per heavy atom. The Morgan fingerprint density at radius 3 is 3.05 bits per heavy atom. The lowest BCUT2D eigenvalue weighted by Gasteiger charge is -2.26. The van der Waals surface area contributed by atoms with E-state index in [2.05, 4.69) is 15.4 Å². The molecule has 1 N–H and O–H groups in total. The van der Waals surface area contributed by atoms with E-state index in [-0.39, 0.29) is 0 Å². The number of ether oxygens (including phenoxy) is 1. The minimum atomic E-state index is 0.338. The summed E-state index contributed by atoms with van der Waals surface area (Å²) in [5.41, 5.74) is 2.33. The molecule has 1 aliphatic heterocycles. The van der Waals surface area contributed by atoms with Gasteiger partial charge in [0.1, 0.15) is 0 Å². The quantitative estimate of drug-likeness (QED) is 0.911. The second kappa shape index (κ2) is 5.67. The molecule has 0 spiro atoms. The van der Waals surface area contributed by atoms with Crippen LogP contribution < -0.4 is 5.32 Å². The van der Waals surface area contributed by atoms with Crippen LogP contribution in [0.4, 0.5) is 0 Å². The lowest BCUT2D eigenvalue weighted by molar-refractivity contribution is 0.0608. The van der Waals surface area contributed by atoms with Gasteiger partial charge in [-0.1, -0.05) is 0 Å². The number of nitrogens with zero attached hydrogens (tertiary/aromatic N) is 3. The predicted molar refractivity (Wildman–Crippen MR) is 72.9 cm³/mol. The largest absolute Gasteiger partial charge is 0.381 e. The standard InChI is InChI=1S/C14H20N4O/c1-15-13(8-11-2-6-19-7-3-11)12-9-17-18-5-4-16-10-14(12)18/h4-5,9-11,13,15H,2-3,6-8H2,1H3. The van der Waals surface area contributed by atoms with Crippen molar-refractivity contribution in [1.29, 1.82) is 0 Å². The molecule has 1 aliphatic rings. The highest BCUT2D eigenvalue weighted by Crippen LogP contribution is 2.29. The molecular formula is C14H20N4O. The van der Waals surface area contributed by atoms with Crippen molar-refractivity contribution in [3.63, 3.8) is 0 Å². The number of nitrogens with one attached hydrogen (secondary N) is 1. The molecule has 1 atom stereocenters. The number of aromatic nitrogens is 3. The molecule has 0 radical (unpaired) electrons. The van der Waals surface area contributed by atoms with Crippen LogP contribution in [0.1, 0.15) is 30.9 Å². The summed E-state index contributed by atoms with van der Waals surface area (Å²) in [6, 6.07) is 0.338. The smallest absolute Gasteiger partial charge is 0.0892 e. The zero-order chi connectivity index (χ0) is 13.1. The van der Waals surface area contributed by atoms with E-state index >= 15 is 0 Å². The molecule has 19 heavy (non-hydrogen) atoms. The molecule has 1 fully saturated rings. The maximum Gasteiger partial charge on any atom is 0.0892 e. The van der Waals surface area contributed by atoms with Crippen LogP contribution in [0.15, 0.2) is 24.8 Å². The van der Waals surface area contributed by atoms with Gasteiger partial charge in [0.15, 0.2) is 0 Å². The van der Waals surface area contributed by atoms with E-state index in [1.807, 2.05) is 30.2 Å². The zero-order valence-electron chi connectivity index (χ0n) is 11.2. The first-order valence-electron chi connectivity index (χ1n) is 6.90. The third-order valence-electron chi connectivity index (χ3n) is 3.99. The van der Waals surface area contributed by atoms with Gasteiger partial charge in [-0.15, -0.1) is 0 Å².